The molecule has 3 heteroatoms. The lowest BCUT2D eigenvalue weighted by atomic mass is 9.79. The molecule has 3 aliphatic carbocycles. The number of nitrogens with one attached hydrogen (secondary N) is 1. The van der Waals surface area contributed by atoms with Gasteiger partial charge in [-0.25, -0.2) is 4.39 Å². The van der Waals surface area contributed by atoms with E-state index in [2.05, 4.69) is 5.32 Å². The van der Waals surface area contributed by atoms with E-state index in [0.717, 1.165) is 23.7 Å². The summed E-state index contributed by atoms with van der Waals surface area (Å²) in [6.45, 7) is 0.566. The number of hydrogen-bond donors (Lipinski definition) is 1. The maximum absolute atomic E-state index is 13.8. The Labute approximate surface area is 124 Å². The minimum atomic E-state index is -0.188. The van der Waals surface area contributed by atoms with E-state index in [1.807, 2.05) is 0 Å². The fourth-order valence-corrected chi connectivity index (χ4v) is 5.47. The Bertz CT molecular complexity index is 497. The standard InChI is InChI=1S/C17H21ClFN/c18-15-5-2-6-16(19)14(15)9-20-17-8-10-7-13(17)12-4-1-3-11(10)12/h2,5-6,10-13,17,20H,1,3-4,7-9H2. The van der Waals surface area contributed by atoms with Crippen LogP contribution in [0.15, 0.2) is 18.2 Å². The van der Waals surface area contributed by atoms with Gasteiger partial charge < -0.3 is 5.32 Å². The summed E-state index contributed by atoms with van der Waals surface area (Å²) >= 11 is 6.10. The molecule has 0 radical (unpaired) electrons. The van der Waals surface area contributed by atoms with Gasteiger partial charge in [0.15, 0.2) is 0 Å². The molecule has 1 aromatic rings. The molecule has 0 spiro atoms. The van der Waals surface area contributed by atoms with Crippen LogP contribution in [0.2, 0.25) is 5.02 Å². The molecule has 5 unspecified atom stereocenters. The molecule has 1 nitrogen and oxygen atoms in total. The second-order valence-corrected chi connectivity index (χ2v) is 7.25. The van der Waals surface area contributed by atoms with Gasteiger partial charge in [-0.15, -0.1) is 0 Å². The topological polar surface area (TPSA) is 12.0 Å². The van der Waals surface area contributed by atoms with Crippen LogP contribution in [0.3, 0.4) is 0 Å². The van der Waals surface area contributed by atoms with Crippen molar-refractivity contribution >= 4 is 11.6 Å². The predicted octanol–water partition coefficient (Wildman–Crippen LogP) is 4.39. The van der Waals surface area contributed by atoms with Gasteiger partial charge in [0.25, 0.3) is 0 Å². The third-order valence-electron chi connectivity index (χ3n) is 6.03. The normalized spacial score (nSPS) is 38.4. The van der Waals surface area contributed by atoms with Gasteiger partial charge in [-0.3, -0.25) is 0 Å². The van der Waals surface area contributed by atoms with Gasteiger partial charge in [-0.1, -0.05) is 24.1 Å². The van der Waals surface area contributed by atoms with Gasteiger partial charge in [0.2, 0.25) is 0 Å². The highest BCUT2D eigenvalue weighted by Gasteiger charge is 2.53. The largest absolute Gasteiger partial charge is 0.309 e. The van der Waals surface area contributed by atoms with Crippen LogP contribution in [-0.2, 0) is 6.54 Å². The molecule has 0 aliphatic heterocycles. The van der Waals surface area contributed by atoms with Crippen LogP contribution < -0.4 is 5.32 Å². The van der Waals surface area contributed by atoms with Crippen LogP contribution in [0.1, 0.15) is 37.7 Å². The molecular formula is C17H21ClFN. The molecule has 1 N–H and O–H groups in total. The summed E-state index contributed by atoms with van der Waals surface area (Å²) in [6, 6.07) is 5.52. The first kappa shape index (κ1) is 13.1. The molecule has 5 atom stereocenters. The fourth-order valence-electron chi connectivity index (χ4n) is 5.24. The zero-order valence-electron chi connectivity index (χ0n) is 11.6. The quantitative estimate of drug-likeness (QED) is 0.871. The van der Waals surface area contributed by atoms with E-state index in [9.17, 15) is 4.39 Å². The Morgan fingerprint density at radius 1 is 1.15 bits per heavy atom. The van der Waals surface area contributed by atoms with E-state index >= 15 is 0 Å². The van der Waals surface area contributed by atoms with Crippen molar-refractivity contribution < 1.29 is 4.39 Å². The Morgan fingerprint density at radius 2 is 2.00 bits per heavy atom. The summed E-state index contributed by atoms with van der Waals surface area (Å²) in [4.78, 5) is 0. The molecule has 3 saturated carbocycles. The lowest BCUT2D eigenvalue weighted by Crippen LogP contribution is -2.39. The van der Waals surface area contributed by atoms with Crippen molar-refractivity contribution in [1.29, 1.82) is 0 Å². The van der Waals surface area contributed by atoms with Crippen LogP contribution in [0, 0.1) is 29.5 Å². The van der Waals surface area contributed by atoms with Gasteiger partial charge >= 0.3 is 0 Å². The van der Waals surface area contributed by atoms with Crippen molar-refractivity contribution in [2.75, 3.05) is 0 Å². The molecule has 20 heavy (non-hydrogen) atoms. The summed E-state index contributed by atoms with van der Waals surface area (Å²) in [5.74, 6) is 3.53. The second-order valence-electron chi connectivity index (χ2n) is 6.84. The van der Waals surface area contributed by atoms with E-state index in [1.165, 1.54) is 38.2 Å². The van der Waals surface area contributed by atoms with E-state index in [0.29, 0.717) is 23.2 Å². The maximum atomic E-state index is 13.8. The van der Waals surface area contributed by atoms with Gasteiger partial charge in [0, 0.05) is 23.2 Å². The highest BCUT2D eigenvalue weighted by atomic mass is 35.5. The van der Waals surface area contributed by atoms with E-state index in [1.54, 1.807) is 12.1 Å². The maximum Gasteiger partial charge on any atom is 0.129 e. The zero-order chi connectivity index (χ0) is 13.7. The molecule has 108 valence electrons. The van der Waals surface area contributed by atoms with Crippen molar-refractivity contribution in [3.8, 4) is 0 Å². The van der Waals surface area contributed by atoms with Crippen LogP contribution in [0.5, 0.6) is 0 Å². The number of hydrogen-bond acceptors (Lipinski definition) is 1. The van der Waals surface area contributed by atoms with Crippen molar-refractivity contribution in [3.63, 3.8) is 0 Å². The van der Waals surface area contributed by atoms with Crippen molar-refractivity contribution in [3.05, 3.63) is 34.6 Å². The molecule has 0 amide bonds. The predicted molar refractivity (Wildman–Crippen MR) is 79.1 cm³/mol. The number of halogens is 2. The van der Waals surface area contributed by atoms with Crippen molar-refractivity contribution in [2.24, 2.45) is 23.7 Å². The van der Waals surface area contributed by atoms with Crippen LogP contribution in [0.4, 0.5) is 4.39 Å². The zero-order valence-corrected chi connectivity index (χ0v) is 12.4. The molecule has 2 bridgehead atoms. The Hall–Kier alpha value is -0.600. The third kappa shape index (κ3) is 2.00. The number of benzene rings is 1. The molecule has 1 aromatic carbocycles. The highest BCUT2D eigenvalue weighted by molar-refractivity contribution is 6.31. The Morgan fingerprint density at radius 3 is 2.85 bits per heavy atom. The minimum absolute atomic E-state index is 0.188. The highest BCUT2D eigenvalue weighted by Crippen LogP contribution is 2.58. The summed E-state index contributed by atoms with van der Waals surface area (Å²) in [7, 11) is 0. The molecule has 0 saturated heterocycles. The minimum Gasteiger partial charge on any atom is -0.309 e. The van der Waals surface area contributed by atoms with Crippen molar-refractivity contribution in [1.82, 2.24) is 5.32 Å². The second kappa shape index (κ2) is 4.99. The monoisotopic (exact) mass is 293 g/mol. The van der Waals surface area contributed by atoms with Gasteiger partial charge in [0.05, 0.1) is 0 Å². The van der Waals surface area contributed by atoms with E-state index in [-0.39, 0.29) is 5.82 Å². The summed E-state index contributed by atoms with van der Waals surface area (Å²) in [5, 5.41) is 4.14. The van der Waals surface area contributed by atoms with E-state index < -0.39 is 0 Å². The fraction of sp³-hybridized carbons (Fsp3) is 0.647. The first-order chi connectivity index (χ1) is 9.74. The van der Waals surface area contributed by atoms with Gasteiger partial charge in [-0.2, -0.15) is 0 Å². The molecular weight excluding hydrogens is 273 g/mol. The average molecular weight is 294 g/mol. The summed E-state index contributed by atoms with van der Waals surface area (Å²) in [5.41, 5.74) is 0.625. The van der Waals surface area contributed by atoms with Crippen molar-refractivity contribution in [2.45, 2.75) is 44.7 Å². The van der Waals surface area contributed by atoms with Crippen LogP contribution >= 0.6 is 11.6 Å². The molecule has 4 rings (SSSR count). The Balaban J connectivity index is 1.44. The molecule has 3 aliphatic rings. The molecule has 0 heterocycles. The molecule has 3 fully saturated rings. The average Bonchev–Trinajstić information content (AvgIpc) is 3.10. The molecule has 0 aromatic heterocycles. The lowest BCUT2D eigenvalue weighted by Gasteiger charge is -2.32. The first-order valence-electron chi connectivity index (χ1n) is 7.90. The van der Waals surface area contributed by atoms with Gasteiger partial charge in [0.1, 0.15) is 5.82 Å². The smallest absolute Gasteiger partial charge is 0.129 e. The first-order valence-corrected chi connectivity index (χ1v) is 8.28. The number of fused-ring (bicyclic) bond motifs is 5. The van der Waals surface area contributed by atoms with Gasteiger partial charge in [-0.05, 0) is 61.5 Å². The lowest BCUT2D eigenvalue weighted by molar-refractivity contribution is 0.207. The van der Waals surface area contributed by atoms with E-state index in [4.69, 9.17) is 11.6 Å². The summed E-state index contributed by atoms with van der Waals surface area (Å²) in [6.07, 6.45) is 6.99. The SMILES string of the molecule is Fc1cccc(Cl)c1CNC1CC2CC1C1CCCC21. The third-order valence-corrected chi connectivity index (χ3v) is 6.39. The summed E-state index contributed by atoms with van der Waals surface area (Å²) < 4.78 is 13.8. The Kier molecular flexibility index (Phi) is 3.27. The number of rotatable bonds is 3. The van der Waals surface area contributed by atoms with Crippen LogP contribution in [0.25, 0.3) is 0 Å². The van der Waals surface area contributed by atoms with Crippen LogP contribution in [-0.4, -0.2) is 6.04 Å².